The van der Waals surface area contributed by atoms with E-state index in [1.807, 2.05) is 0 Å². The van der Waals surface area contributed by atoms with Crippen LogP contribution in [0.15, 0.2) is 39.0 Å². The van der Waals surface area contributed by atoms with Crippen molar-refractivity contribution in [2.75, 3.05) is 4.72 Å². The molecule has 2 rings (SSSR count). The molecule has 1 aromatic heterocycles. The fourth-order valence-corrected chi connectivity index (χ4v) is 5.01. The van der Waals surface area contributed by atoms with Crippen LogP contribution in [0, 0.1) is 6.92 Å². The van der Waals surface area contributed by atoms with E-state index in [1.165, 1.54) is 11.3 Å². The maximum Gasteiger partial charge on any atom is 0.263 e. The molecule has 1 N–H and O–H groups in total. The molecular weight excluding hydrogens is 350 g/mol. The number of carbonyl (C=O) groups is 1. The molecule has 4 nitrogen and oxygen atoms in total. The van der Waals surface area contributed by atoms with Crippen LogP contribution in [0.25, 0.3) is 0 Å². The number of sulfonamides is 1. The second-order valence-electron chi connectivity index (χ2n) is 3.82. The molecule has 0 bridgehead atoms. The number of aldehydes is 1. The number of benzene rings is 1. The third kappa shape index (κ3) is 3.23. The van der Waals surface area contributed by atoms with Crippen LogP contribution in [-0.2, 0) is 10.0 Å². The summed E-state index contributed by atoms with van der Waals surface area (Å²) < 4.78 is 27.6. The van der Waals surface area contributed by atoms with Gasteiger partial charge in [-0.2, -0.15) is 0 Å². The van der Waals surface area contributed by atoms with Crippen LogP contribution in [0.1, 0.15) is 15.2 Å². The number of aryl methyl sites for hydroxylation is 1. The van der Waals surface area contributed by atoms with Crippen molar-refractivity contribution in [3.8, 4) is 0 Å². The Morgan fingerprint density at radius 3 is 2.37 bits per heavy atom. The average Bonchev–Trinajstić information content (AvgIpc) is 2.70. The van der Waals surface area contributed by atoms with E-state index in [2.05, 4.69) is 20.7 Å². The molecule has 19 heavy (non-hydrogen) atoms. The number of halogens is 1. The quantitative estimate of drug-likeness (QED) is 0.850. The van der Waals surface area contributed by atoms with E-state index in [9.17, 15) is 13.2 Å². The highest BCUT2D eigenvalue weighted by Gasteiger charge is 2.19. The van der Waals surface area contributed by atoms with Gasteiger partial charge in [-0.3, -0.25) is 9.52 Å². The van der Waals surface area contributed by atoms with E-state index >= 15 is 0 Å². The summed E-state index contributed by atoms with van der Waals surface area (Å²) in [6, 6.07) is 7.79. The maximum atomic E-state index is 12.2. The normalized spacial score (nSPS) is 11.3. The summed E-state index contributed by atoms with van der Waals surface area (Å²) in [5, 5.41) is 0. The number of hydrogen-bond donors (Lipinski definition) is 1. The van der Waals surface area contributed by atoms with E-state index < -0.39 is 10.0 Å². The lowest BCUT2D eigenvalue weighted by Gasteiger charge is -2.07. The van der Waals surface area contributed by atoms with Crippen LogP contribution in [0.5, 0.6) is 0 Å². The van der Waals surface area contributed by atoms with Crippen LogP contribution >= 0.6 is 27.3 Å². The number of carbonyl (C=O) groups excluding carboxylic acids is 1. The molecule has 7 heteroatoms. The summed E-state index contributed by atoms with van der Waals surface area (Å²) in [6.45, 7) is 1.75. The van der Waals surface area contributed by atoms with Gasteiger partial charge >= 0.3 is 0 Å². The van der Waals surface area contributed by atoms with Crippen LogP contribution < -0.4 is 4.72 Å². The zero-order valence-corrected chi connectivity index (χ0v) is 13.1. The number of thiophene rings is 1. The van der Waals surface area contributed by atoms with Gasteiger partial charge in [-0.25, -0.2) is 8.42 Å². The van der Waals surface area contributed by atoms with Crippen molar-refractivity contribution in [3.63, 3.8) is 0 Å². The molecule has 0 atom stereocenters. The van der Waals surface area contributed by atoms with Crippen LogP contribution in [0.4, 0.5) is 5.69 Å². The lowest BCUT2D eigenvalue weighted by atomic mass is 10.2. The van der Waals surface area contributed by atoms with Crippen LogP contribution in [-0.4, -0.2) is 14.7 Å². The van der Waals surface area contributed by atoms with Gasteiger partial charge in [0.25, 0.3) is 10.0 Å². The van der Waals surface area contributed by atoms with Gasteiger partial charge in [-0.15, -0.1) is 11.3 Å². The Labute approximate surface area is 123 Å². The third-order valence-electron chi connectivity index (χ3n) is 2.43. The van der Waals surface area contributed by atoms with Gasteiger partial charge < -0.3 is 0 Å². The maximum absolute atomic E-state index is 12.2. The topological polar surface area (TPSA) is 63.2 Å². The van der Waals surface area contributed by atoms with Crippen molar-refractivity contribution in [1.82, 2.24) is 0 Å². The minimum Gasteiger partial charge on any atom is -0.298 e. The molecule has 0 radical (unpaired) electrons. The van der Waals surface area contributed by atoms with Gasteiger partial charge in [-0.1, -0.05) is 0 Å². The SMILES string of the molecule is Cc1sc(Br)cc1S(=O)(=O)Nc1ccc(C=O)cc1. The first kappa shape index (κ1) is 14.2. The molecule has 1 aromatic carbocycles. The first-order valence-electron chi connectivity index (χ1n) is 5.26. The Morgan fingerprint density at radius 1 is 1.26 bits per heavy atom. The van der Waals surface area contributed by atoms with Gasteiger partial charge in [0.1, 0.15) is 11.2 Å². The Bertz CT molecular complexity index is 705. The zero-order chi connectivity index (χ0) is 14.0. The average molecular weight is 360 g/mol. The van der Waals surface area contributed by atoms with E-state index in [-0.39, 0.29) is 4.90 Å². The van der Waals surface area contributed by atoms with Gasteiger partial charge in [0.05, 0.1) is 3.79 Å². The number of nitrogens with one attached hydrogen (secondary N) is 1. The summed E-state index contributed by atoms with van der Waals surface area (Å²) in [6.07, 6.45) is 0.707. The van der Waals surface area contributed by atoms with E-state index in [0.717, 1.165) is 3.79 Å². The first-order valence-corrected chi connectivity index (χ1v) is 8.35. The van der Waals surface area contributed by atoms with Gasteiger partial charge in [0.2, 0.25) is 0 Å². The standard InChI is InChI=1S/C12H10BrNO3S2/c1-8-11(6-12(13)18-8)19(16,17)14-10-4-2-9(7-15)3-5-10/h2-7,14H,1H3. The number of anilines is 1. The van der Waals surface area contributed by atoms with E-state index in [4.69, 9.17) is 0 Å². The third-order valence-corrected chi connectivity index (χ3v) is 5.62. The summed E-state index contributed by atoms with van der Waals surface area (Å²) in [5.74, 6) is 0. The predicted molar refractivity (Wildman–Crippen MR) is 79.4 cm³/mol. The smallest absolute Gasteiger partial charge is 0.263 e. The first-order chi connectivity index (χ1) is 8.92. The number of rotatable bonds is 4. The highest BCUT2D eigenvalue weighted by molar-refractivity contribution is 9.11. The van der Waals surface area contributed by atoms with Crippen molar-refractivity contribution in [3.05, 3.63) is 44.6 Å². The van der Waals surface area contributed by atoms with Crippen molar-refractivity contribution in [1.29, 1.82) is 0 Å². The summed E-state index contributed by atoms with van der Waals surface area (Å²) >= 11 is 4.63. The largest absolute Gasteiger partial charge is 0.298 e. The molecule has 0 aliphatic rings. The molecule has 2 aromatic rings. The molecule has 0 spiro atoms. The van der Waals surface area contributed by atoms with Gasteiger partial charge in [-0.05, 0) is 53.2 Å². The van der Waals surface area contributed by atoms with Crippen LogP contribution in [0.3, 0.4) is 0 Å². The summed E-state index contributed by atoms with van der Waals surface area (Å²) in [7, 11) is -3.60. The lowest BCUT2D eigenvalue weighted by Crippen LogP contribution is -2.13. The molecule has 0 aliphatic carbocycles. The monoisotopic (exact) mass is 359 g/mol. The van der Waals surface area contributed by atoms with Crippen molar-refractivity contribution in [2.45, 2.75) is 11.8 Å². The van der Waals surface area contributed by atoms with Crippen molar-refractivity contribution >= 4 is 49.3 Å². The van der Waals surface area contributed by atoms with E-state index in [0.29, 0.717) is 22.4 Å². The molecule has 100 valence electrons. The second kappa shape index (κ2) is 5.44. The highest BCUT2D eigenvalue weighted by atomic mass is 79.9. The Hall–Kier alpha value is -1.18. The predicted octanol–water partition coefficient (Wildman–Crippen LogP) is 3.43. The molecule has 0 aliphatic heterocycles. The van der Waals surface area contributed by atoms with Gasteiger partial charge in [0, 0.05) is 16.1 Å². The van der Waals surface area contributed by atoms with Crippen molar-refractivity contribution in [2.24, 2.45) is 0 Å². The molecule has 0 fully saturated rings. The Kier molecular flexibility index (Phi) is 4.07. The fourth-order valence-electron chi connectivity index (χ4n) is 1.54. The summed E-state index contributed by atoms with van der Waals surface area (Å²) in [4.78, 5) is 11.5. The zero-order valence-electron chi connectivity index (χ0n) is 9.88. The molecular formula is C12H10BrNO3S2. The minimum atomic E-state index is -3.60. The van der Waals surface area contributed by atoms with Gasteiger partial charge in [0.15, 0.2) is 0 Å². The van der Waals surface area contributed by atoms with Crippen molar-refractivity contribution < 1.29 is 13.2 Å². The lowest BCUT2D eigenvalue weighted by molar-refractivity contribution is 0.112. The minimum absolute atomic E-state index is 0.254. The Morgan fingerprint density at radius 2 is 1.89 bits per heavy atom. The number of hydrogen-bond acceptors (Lipinski definition) is 4. The molecule has 0 saturated carbocycles. The fraction of sp³-hybridized carbons (Fsp3) is 0.0833. The van der Waals surface area contributed by atoms with Crippen LogP contribution in [0.2, 0.25) is 0 Å². The Balaban J connectivity index is 2.30. The summed E-state index contributed by atoms with van der Waals surface area (Å²) in [5.41, 5.74) is 0.921. The molecule has 0 saturated heterocycles. The van der Waals surface area contributed by atoms with E-state index in [1.54, 1.807) is 37.3 Å². The molecule has 1 heterocycles. The highest BCUT2D eigenvalue weighted by Crippen LogP contribution is 2.30. The molecule has 0 amide bonds. The molecule has 0 unspecified atom stereocenters. The second-order valence-corrected chi connectivity index (χ2v) is 8.10.